The second kappa shape index (κ2) is 40.9. The summed E-state index contributed by atoms with van der Waals surface area (Å²) in [5, 5.41) is 43.6. The van der Waals surface area contributed by atoms with Crippen LogP contribution in [0.15, 0.2) is 142 Å². The van der Waals surface area contributed by atoms with E-state index in [1.807, 2.05) is 45.0 Å². The van der Waals surface area contributed by atoms with Crippen LogP contribution in [0.4, 0.5) is 0 Å². The normalized spacial score (nSPS) is 22.6. The van der Waals surface area contributed by atoms with Crippen LogP contribution >= 0.6 is 0 Å². The van der Waals surface area contributed by atoms with E-state index in [2.05, 4.69) is 62.1 Å². The number of tetrazole rings is 4. The monoisotopic (exact) mass is 1770 g/mol. The number of nitrogens with zero attached hydrogens (tertiary/aromatic N) is 20. The summed E-state index contributed by atoms with van der Waals surface area (Å²) in [5.74, 6) is -5.29. The molecule has 4 amide bonds. The van der Waals surface area contributed by atoms with Crippen LogP contribution in [0.3, 0.4) is 0 Å². The molecule has 1 unspecified atom stereocenters. The van der Waals surface area contributed by atoms with Gasteiger partial charge in [0.05, 0.1) is 120 Å². The molecule has 0 radical (unpaired) electrons. The number of rotatable bonds is 27. The maximum atomic E-state index is 13.3. The van der Waals surface area contributed by atoms with Gasteiger partial charge in [-0.15, -0.1) is 0 Å². The Kier molecular flexibility index (Phi) is 31.8. The van der Waals surface area contributed by atoms with E-state index in [0.29, 0.717) is 61.3 Å². The summed E-state index contributed by atoms with van der Waals surface area (Å²) in [6.07, 6.45) is 3.44. The number of amides is 4. The van der Waals surface area contributed by atoms with Gasteiger partial charge in [0.15, 0.2) is 23.1 Å². The molecule has 5 fully saturated rings. The molecule has 1 spiro atoms. The minimum Gasteiger partial charge on any atom is -0.349 e. The first-order valence-corrected chi connectivity index (χ1v) is 46.8. The van der Waals surface area contributed by atoms with Crippen LogP contribution < -0.4 is 0 Å². The molecular formula is C78H110N20O20S4. The van der Waals surface area contributed by atoms with Crippen molar-refractivity contribution in [2.45, 2.75) is 237 Å². The van der Waals surface area contributed by atoms with Gasteiger partial charge in [0, 0.05) is 94.9 Å². The highest BCUT2D eigenvalue weighted by Gasteiger charge is 2.48. The zero-order valence-electron chi connectivity index (χ0n) is 71.1. The molecule has 0 bridgehead atoms. The second-order valence-electron chi connectivity index (χ2n) is 31.8. The number of benzene rings is 4. The fourth-order valence-corrected chi connectivity index (χ4v) is 20.2. The molecule has 1 saturated carbocycles. The van der Waals surface area contributed by atoms with Crippen LogP contribution in [0, 0.1) is 0 Å². The van der Waals surface area contributed by atoms with E-state index in [-0.39, 0.29) is 112 Å². The number of hydrogen-bond donors (Lipinski definition) is 0. The van der Waals surface area contributed by atoms with Crippen molar-refractivity contribution in [3.63, 3.8) is 0 Å². The smallest absolute Gasteiger partial charge is 0.272 e. The SMILES string of the molecule is CCC1(C)O[C@@H](CC(=O)N(C)C)C[C@@H](CS(=O)(=O)c2nnnn2-c2ccccc2)O1.CCC1(CC)O[C@@H](CC(=O)N(C)C)C[C@@H](CS(=O)(=O)c2nnnn2-c2ccccc2)O1.CN(C)C(=O)C[C@H]1C[C@@H](CS(=O)(=O)c2nnnn2-c2ccccc2)OC(C)(C)O1.CN(C)C(=O)C[C@H]1C[C@@H](CS(=O)(=O)c2nnnn2-c2ccccc2)OC2(CCCCC2)O1. The number of ether oxygens (including phenoxy) is 8. The van der Waals surface area contributed by atoms with Crippen molar-refractivity contribution in [1.29, 1.82) is 0 Å². The molecule has 40 nitrogen and oxygen atoms in total. The summed E-state index contributed by atoms with van der Waals surface area (Å²) >= 11 is 0. The zero-order chi connectivity index (χ0) is 88.6. The first-order valence-electron chi connectivity index (χ1n) is 40.2. The van der Waals surface area contributed by atoms with Gasteiger partial charge in [0.1, 0.15) is 0 Å². The van der Waals surface area contributed by atoms with Gasteiger partial charge >= 0.3 is 0 Å². The van der Waals surface area contributed by atoms with Crippen molar-refractivity contribution in [2.75, 3.05) is 79.4 Å². The predicted octanol–water partition coefficient (Wildman–Crippen LogP) is 5.39. The Balaban J connectivity index is 0.000000171. The lowest BCUT2D eigenvalue weighted by molar-refractivity contribution is -0.324. The Morgan fingerprint density at radius 2 is 0.590 bits per heavy atom. The molecular weight excluding hydrogens is 1670 g/mol. The molecule has 666 valence electrons. The van der Waals surface area contributed by atoms with Gasteiger partial charge in [-0.05, 0) is 143 Å². The third-order valence-electron chi connectivity index (χ3n) is 20.8. The van der Waals surface area contributed by atoms with Crippen molar-refractivity contribution in [1.82, 2.24) is 100 Å². The summed E-state index contributed by atoms with van der Waals surface area (Å²) in [7, 11) is -2.05. The largest absolute Gasteiger partial charge is 0.349 e. The van der Waals surface area contributed by atoms with Gasteiger partial charge < -0.3 is 57.5 Å². The van der Waals surface area contributed by atoms with Crippen LogP contribution in [0.1, 0.15) is 144 Å². The molecule has 4 aromatic heterocycles. The zero-order valence-corrected chi connectivity index (χ0v) is 74.3. The topological polar surface area (TPSA) is 466 Å². The van der Waals surface area contributed by atoms with Crippen molar-refractivity contribution in [3.05, 3.63) is 121 Å². The first-order chi connectivity index (χ1) is 57.7. The maximum Gasteiger partial charge on any atom is 0.272 e. The highest BCUT2D eigenvalue weighted by Crippen LogP contribution is 2.42. The van der Waals surface area contributed by atoms with Crippen LogP contribution in [-0.4, -0.2) is 309 Å². The van der Waals surface area contributed by atoms with Crippen molar-refractivity contribution < 1.29 is 90.7 Å². The molecule has 8 heterocycles. The minimum atomic E-state index is -3.88. The highest BCUT2D eigenvalue weighted by molar-refractivity contribution is 7.92. The first kappa shape index (κ1) is 94.8. The third-order valence-corrected chi connectivity index (χ3v) is 27.3. The quantitative estimate of drug-likeness (QED) is 0.0622. The molecule has 4 aromatic carbocycles. The standard InChI is InChI=1S/C21H29N5O5S.C20H29N5O5S.C19H27N5O5S.C18H25N5O5S/c1-25(2)19(27)14-17-13-18(31-21(30-17)11-7-4-8-12-21)15-32(28,29)20-22-23-24-26(20)16-9-5-3-6-10-16;1-5-20(6-2)29-16(13-18(26)24(3)4)12-17(30-20)14-31(27,28)19-21-22-23-25(19)15-10-8-7-9-11-15;1-5-19(2)28-15(12-17(25)23(3)4)11-16(29-19)13-30(26,27)18-20-21-22-24(18)14-9-7-6-8-10-14;1-18(2)27-14(11-16(24)22(3)4)10-15(28-18)12-29(25,26)17-19-20-21-23(17)13-8-6-5-7-9-13/h3,5-6,9-10,17-18H,4,7-8,11-15H2,1-2H3;7-11,16-17H,5-6,12-14H2,1-4H3;6-10,15-16H,5,11-13H2,1-4H3;5-9,14-15H,10-12H2,1-4H3/t17-,18+;16-,17+;15-,16+,19?;14-,15+/m1111/s1. The van der Waals surface area contributed by atoms with E-state index in [4.69, 9.17) is 37.9 Å². The van der Waals surface area contributed by atoms with Gasteiger partial charge in [-0.2, -0.15) is 18.7 Å². The molecule has 4 saturated heterocycles. The molecule has 13 rings (SSSR count). The van der Waals surface area contributed by atoms with Gasteiger partial charge in [-0.1, -0.05) is 120 Å². The number of hydrogen-bond acceptors (Lipinski definition) is 32. The van der Waals surface area contributed by atoms with E-state index in [1.165, 1.54) is 38.3 Å². The lowest BCUT2D eigenvalue weighted by Crippen LogP contribution is -2.52. The predicted molar refractivity (Wildman–Crippen MR) is 437 cm³/mol. The minimum absolute atomic E-state index is 0.0579. The molecule has 0 N–H and O–H groups in total. The van der Waals surface area contributed by atoms with Crippen LogP contribution in [-0.2, 0) is 96.4 Å². The molecule has 5 aliphatic rings. The Hall–Kier alpha value is -9.48. The van der Waals surface area contributed by atoms with Crippen molar-refractivity contribution in [2.24, 2.45) is 0 Å². The van der Waals surface area contributed by atoms with E-state index in [0.717, 1.165) is 19.3 Å². The lowest BCUT2D eigenvalue weighted by Gasteiger charge is -2.46. The molecule has 1 aliphatic carbocycles. The molecule has 8 aromatic rings. The Morgan fingerprint density at radius 1 is 0.344 bits per heavy atom. The van der Waals surface area contributed by atoms with Crippen molar-refractivity contribution >= 4 is 63.0 Å². The number of sulfone groups is 4. The number of carbonyl (C=O) groups excluding carboxylic acids is 4. The fraction of sp³-hybridized carbons (Fsp3) is 0.590. The van der Waals surface area contributed by atoms with Crippen LogP contribution in [0.25, 0.3) is 22.7 Å². The summed E-state index contributed by atoms with van der Waals surface area (Å²) < 4.78 is 159. The lowest BCUT2D eigenvalue weighted by atomic mass is 9.91. The average molecular weight is 1780 g/mol. The maximum absolute atomic E-state index is 13.3. The van der Waals surface area contributed by atoms with Gasteiger partial charge in [0.25, 0.3) is 20.6 Å². The number of para-hydroxylation sites is 4. The van der Waals surface area contributed by atoms with Crippen LogP contribution in [0.2, 0.25) is 0 Å². The molecule has 44 heteroatoms. The van der Waals surface area contributed by atoms with Gasteiger partial charge in [-0.25, -0.2) is 33.7 Å². The van der Waals surface area contributed by atoms with E-state index >= 15 is 0 Å². The van der Waals surface area contributed by atoms with Crippen LogP contribution in [0.5, 0.6) is 0 Å². The van der Waals surface area contributed by atoms with E-state index < -0.39 is 111 Å². The number of carbonyl (C=O) groups is 4. The van der Waals surface area contributed by atoms with E-state index in [1.54, 1.807) is 174 Å². The van der Waals surface area contributed by atoms with Gasteiger partial charge in [0.2, 0.25) is 63.0 Å². The summed E-state index contributed by atoms with van der Waals surface area (Å²) in [4.78, 5) is 54.7. The highest BCUT2D eigenvalue weighted by atomic mass is 32.2. The van der Waals surface area contributed by atoms with E-state index in [9.17, 15) is 52.8 Å². The molecule has 9 atom stereocenters. The summed E-state index contributed by atoms with van der Waals surface area (Å²) in [6, 6.07) is 35.3. The summed E-state index contributed by atoms with van der Waals surface area (Å²) in [5.41, 5.74) is 2.19. The Bertz CT molecular complexity index is 5250. The second-order valence-corrected chi connectivity index (χ2v) is 39.5. The third kappa shape index (κ3) is 25.2. The average Bonchev–Trinajstić information content (AvgIpc) is 1.17. The Labute approximate surface area is 710 Å². The fourth-order valence-electron chi connectivity index (χ4n) is 14.6. The summed E-state index contributed by atoms with van der Waals surface area (Å²) in [6.45, 7) is 10.9. The van der Waals surface area contributed by atoms with Crippen molar-refractivity contribution in [3.8, 4) is 22.7 Å². The molecule has 4 aliphatic heterocycles. The molecule has 122 heavy (non-hydrogen) atoms. The van der Waals surface area contributed by atoms with Gasteiger partial charge in [-0.3, -0.25) is 19.2 Å². The Morgan fingerprint density at radius 3 is 0.893 bits per heavy atom. The number of aromatic nitrogens is 16.